The molecule has 2 aliphatic rings. The lowest BCUT2D eigenvalue weighted by molar-refractivity contribution is 0.178. The fourth-order valence-corrected chi connectivity index (χ4v) is 3.30. The van der Waals surface area contributed by atoms with Gasteiger partial charge in [-0.3, -0.25) is 4.90 Å². The minimum atomic E-state index is 0.609. The average Bonchev–Trinajstić information content (AvgIpc) is 2.92. The molecule has 1 N–H and O–H groups in total. The van der Waals surface area contributed by atoms with Crippen molar-refractivity contribution in [1.29, 1.82) is 0 Å². The highest BCUT2D eigenvalue weighted by Gasteiger charge is 2.24. The van der Waals surface area contributed by atoms with Gasteiger partial charge in [0.15, 0.2) is 0 Å². The Hall–Kier alpha value is -1.22. The number of hydrogen-bond donors (Lipinski definition) is 1. The molecule has 0 aliphatic carbocycles. The highest BCUT2D eigenvalue weighted by Crippen LogP contribution is 2.31. The van der Waals surface area contributed by atoms with E-state index in [4.69, 9.17) is 4.74 Å². The van der Waals surface area contributed by atoms with Crippen LogP contribution in [0.2, 0.25) is 0 Å². The second-order valence-electron chi connectivity index (χ2n) is 5.55. The fraction of sp³-hybridized carbons (Fsp3) is 0.625. The van der Waals surface area contributed by atoms with E-state index in [0.717, 1.165) is 31.9 Å². The molecule has 0 radical (unpaired) electrons. The van der Waals surface area contributed by atoms with E-state index in [9.17, 15) is 0 Å². The molecule has 1 aromatic carbocycles. The van der Waals surface area contributed by atoms with Gasteiger partial charge in [-0.15, -0.1) is 0 Å². The fourth-order valence-electron chi connectivity index (χ4n) is 3.30. The lowest BCUT2D eigenvalue weighted by Crippen LogP contribution is -2.34. The smallest absolute Gasteiger partial charge is 0.124 e. The number of hydrogen-bond acceptors (Lipinski definition) is 3. The Balaban J connectivity index is 1.67. The first-order chi connectivity index (χ1) is 9.38. The zero-order chi connectivity index (χ0) is 13.1. The molecule has 0 bridgehead atoms. The van der Waals surface area contributed by atoms with E-state index < -0.39 is 0 Å². The number of likely N-dealkylation sites (N-methyl/N-ethyl adjacent to an activating group) is 1. The second-order valence-corrected chi connectivity index (χ2v) is 5.55. The number of likely N-dealkylation sites (tertiary alicyclic amines) is 1. The maximum Gasteiger partial charge on any atom is 0.124 e. The number of ether oxygens (including phenoxy) is 1. The lowest BCUT2D eigenvalue weighted by atomic mass is 10.0. The number of benzene rings is 1. The first-order valence-corrected chi connectivity index (χ1v) is 7.61. The largest absolute Gasteiger partial charge is 0.492 e. The van der Waals surface area contributed by atoms with Crippen LogP contribution >= 0.6 is 0 Å². The molecule has 0 saturated carbocycles. The molecule has 104 valence electrons. The predicted octanol–water partition coefficient (Wildman–Crippen LogP) is 2.91. The van der Waals surface area contributed by atoms with E-state index in [2.05, 4.69) is 35.3 Å². The van der Waals surface area contributed by atoms with Gasteiger partial charge in [-0.25, -0.2) is 0 Å². The van der Waals surface area contributed by atoms with Crippen LogP contribution in [-0.4, -0.2) is 37.2 Å². The summed E-state index contributed by atoms with van der Waals surface area (Å²) in [5.41, 5.74) is 2.64. The van der Waals surface area contributed by atoms with Crippen LogP contribution in [-0.2, 0) is 6.42 Å². The van der Waals surface area contributed by atoms with Crippen molar-refractivity contribution in [2.75, 3.05) is 31.6 Å². The molecule has 1 unspecified atom stereocenters. The summed E-state index contributed by atoms with van der Waals surface area (Å²) < 4.78 is 6.14. The van der Waals surface area contributed by atoms with Gasteiger partial charge >= 0.3 is 0 Å². The van der Waals surface area contributed by atoms with Gasteiger partial charge < -0.3 is 10.1 Å². The molecule has 3 rings (SSSR count). The number of fused-ring (bicyclic) bond motifs is 1. The first-order valence-electron chi connectivity index (χ1n) is 7.61. The van der Waals surface area contributed by atoms with E-state index in [1.165, 1.54) is 37.1 Å². The first kappa shape index (κ1) is 12.8. The van der Waals surface area contributed by atoms with Crippen LogP contribution in [0.3, 0.4) is 0 Å². The van der Waals surface area contributed by atoms with E-state index in [1.807, 2.05) is 0 Å². The van der Waals surface area contributed by atoms with Crippen LogP contribution in [0.5, 0.6) is 5.75 Å². The van der Waals surface area contributed by atoms with Gasteiger partial charge in [-0.1, -0.05) is 13.0 Å². The van der Waals surface area contributed by atoms with Crippen molar-refractivity contribution >= 4 is 5.69 Å². The molecule has 1 atom stereocenters. The number of anilines is 1. The third kappa shape index (κ3) is 2.71. The van der Waals surface area contributed by atoms with Gasteiger partial charge in [0, 0.05) is 23.8 Å². The minimum absolute atomic E-state index is 0.609. The SMILES string of the molecule is CCN1CCCC1COc1cccc2c1CCCN2. The molecule has 19 heavy (non-hydrogen) atoms. The predicted molar refractivity (Wildman–Crippen MR) is 79.0 cm³/mol. The molecule has 3 heteroatoms. The van der Waals surface area contributed by atoms with Crippen LogP contribution < -0.4 is 10.1 Å². The van der Waals surface area contributed by atoms with E-state index in [-0.39, 0.29) is 0 Å². The number of nitrogens with zero attached hydrogens (tertiary/aromatic N) is 1. The average molecular weight is 260 g/mol. The van der Waals surface area contributed by atoms with Crippen LogP contribution in [0.1, 0.15) is 31.7 Å². The molecule has 0 aromatic heterocycles. The van der Waals surface area contributed by atoms with E-state index in [1.54, 1.807) is 0 Å². The highest BCUT2D eigenvalue weighted by atomic mass is 16.5. The molecule has 3 nitrogen and oxygen atoms in total. The van der Waals surface area contributed by atoms with Crippen molar-refractivity contribution in [3.63, 3.8) is 0 Å². The Bertz CT molecular complexity index is 433. The van der Waals surface area contributed by atoms with Crippen molar-refractivity contribution in [2.45, 2.75) is 38.6 Å². The Morgan fingerprint density at radius 2 is 2.32 bits per heavy atom. The molecule has 0 amide bonds. The normalized spacial score (nSPS) is 22.9. The summed E-state index contributed by atoms with van der Waals surface area (Å²) in [5.74, 6) is 1.09. The molecule has 2 heterocycles. The molecule has 2 aliphatic heterocycles. The van der Waals surface area contributed by atoms with Gasteiger partial charge in [-0.05, 0) is 50.9 Å². The van der Waals surface area contributed by atoms with Gasteiger partial charge in [0.25, 0.3) is 0 Å². The van der Waals surface area contributed by atoms with Crippen LogP contribution in [0.15, 0.2) is 18.2 Å². The lowest BCUT2D eigenvalue weighted by Gasteiger charge is -2.25. The van der Waals surface area contributed by atoms with Gasteiger partial charge in [0.2, 0.25) is 0 Å². The third-order valence-corrected chi connectivity index (χ3v) is 4.39. The Morgan fingerprint density at radius 3 is 3.21 bits per heavy atom. The molecular formula is C16H24N2O. The Labute approximate surface area is 115 Å². The summed E-state index contributed by atoms with van der Waals surface area (Å²) in [6.07, 6.45) is 4.94. The van der Waals surface area contributed by atoms with Gasteiger partial charge in [0.05, 0.1) is 0 Å². The number of rotatable bonds is 4. The highest BCUT2D eigenvalue weighted by molar-refractivity contribution is 5.59. The minimum Gasteiger partial charge on any atom is -0.492 e. The summed E-state index contributed by atoms with van der Waals surface area (Å²) in [7, 11) is 0. The van der Waals surface area contributed by atoms with E-state index >= 15 is 0 Å². The maximum absolute atomic E-state index is 6.14. The van der Waals surface area contributed by atoms with Crippen LogP contribution in [0.25, 0.3) is 0 Å². The van der Waals surface area contributed by atoms with Crippen molar-refractivity contribution in [3.05, 3.63) is 23.8 Å². The third-order valence-electron chi connectivity index (χ3n) is 4.39. The molecule has 1 saturated heterocycles. The van der Waals surface area contributed by atoms with E-state index in [0.29, 0.717) is 6.04 Å². The molecule has 0 spiro atoms. The molecular weight excluding hydrogens is 236 g/mol. The molecule has 1 fully saturated rings. The van der Waals surface area contributed by atoms with Crippen molar-refractivity contribution in [2.24, 2.45) is 0 Å². The summed E-state index contributed by atoms with van der Waals surface area (Å²) in [4.78, 5) is 2.54. The Morgan fingerprint density at radius 1 is 1.37 bits per heavy atom. The zero-order valence-corrected chi connectivity index (χ0v) is 11.8. The van der Waals surface area contributed by atoms with Crippen LogP contribution in [0.4, 0.5) is 5.69 Å². The summed E-state index contributed by atoms with van der Waals surface area (Å²) in [6.45, 7) is 6.54. The van der Waals surface area contributed by atoms with Gasteiger partial charge in [-0.2, -0.15) is 0 Å². The van der Waals surface area contributed by atoms with Crippen molar-refractivity contribution in [1.82, 2.24) is 4.90 Å². The monoisotopic (exact) mass is 260 g/mol. The zero-order valence-electron chi connectivity index (χ0n) is 11.8. The van der Waals surface area contributed by atoms with Crippen molar-refractivity contribution < 1.29 is 4.74 Å². The summed E-state index contributed by atoms with van der Waals surface area (Å²) >= 11 is 0. The summed E-state index contributed by atoms with van der Waals surface area (Å²) in [6, 6.07) is 6.99. The maximum atomic E-state index is 6.14. The van der Waals surface area contributed by atoms with Crippen LogP contribution in [0, 0.1) is 0 Å². The molecule has 1 aromatic rings. The Kier molecular flexibility index (Phi) is 3.92. The number of nitrogens with one attached hydrogen (secondary N) is 1. The quantitative estimate of drug-likeness (QED) is 0.901. The topological polar surface area (TPSA) is 24.5 Å². The summed E-state index contributed by atoms with van der Waals surface area (Å²) in [5, 5.41) is 3.46. The van der Waals surface area contributed by atoms with Crippen molar-refractivity contribution in [3.8, 4) is 5.75 Å². The standard InChI is InChI=1S/C16H24N2O/c1-2-18-11-5-6-13(18)12-19-16-9-3-8-15-14(16)7-4-10-17-15/h3,8-9,13,17H,2,4-7,10-12H2,1H3. The van der Waals surface area contributed by atoms with Gasteiger partial charge in [0.1, 0.15) is 12.4 Å². The second kappa shape index (κ2) is 5.83.